The lowest BCUT2D eigenvalue weighted by Gasteiger charge is -2.07. The lowest BCUT2D eigenvalue weighted by Crippen LogP contribution is -2.30. The molecule has 0 radical (unpaired) electrons. The summed E-state index contributed by atoms with van der Waals surface area (Å²) in [6.07, 6.45) is 1.59. The molecule has 2 aromatic rings. The number of aryl methyl sites for hydroxylation is 2. The van der Waals surface area contributed by atoms with E-state index in [2.05, 4.69) is 5.32 Å². The van der Waals surface area contributed by atoms with Crippen LogP contribution in [0.25, 0.3) is 0 Å². The van der Waals surface area contributed by atoms with Crippen LogP contribution < -0.4 is 10.1 Å². The maximum Gasteiger partial charge on any atom is 0.348 e. The first-order valence-corrected chi connectivity index (χ1v) is 9.01. The van der Waals surface area contributed by atoms with E-state index in [9.17, 15) is 9.59 Å². The monoisotopic (exact) mass is 361 g/mol. The van der Waals surface area contributed by atoms with E-state index in [1.165, 1.54) is 11.3 Å². The second-order valence-corrected chi connectivity index (χ2v) is 6.73. The number of carbonyl (C=O) groups excluding carboxylic acids is 2. The van der Waals surface area contributed by atoms with Crippen LogP contribution in [0.3, 0.4) is 0 Å². The second kappa shape index (κ2) is 9.22. The van der Waals surface area contributed by atoms with Gasteiger partial charge in [-0.25, -0.2) is 4.79 Å². The van der Waals surface area contributed by atoms with Crippen LogP contribution in [0.1, 0.15) is 32.6 Å². The quantitative estimate of drug-likeness (QED) is 0.734. The van der Waals surface area contributed by atoms with Crippen LogP contribution in [0, 0.1) is 6.92 Å². The summed E-state index contributed by atoms with van der Waals surface area (Å²) < 4.78 is 10.2. The van der Waals surface area contributed by atoms with Gasteiger partial charge in [-0.2, -0.15) is 0 Å². The van der Waals surface area contributed by atoms with Gasteiger partial charge < -0.3 is 14.8 Å². The lowest BCUT2D eigenvalue weighted by atomic mass is 10.1. The number of carbonyl (C=O) groups is 2. The third-order valence-corrected chi connectivity index (χ3v) is 5.13. The zero-order valence-electron chi connectivity index (χ0n) is 14.8. The Hall–Kier alpha value is -2.34. The van der Waals surface area contributed by atoms with Gasteiger partial charge in [-0.1, -0.05) is 19.1 Å². The largest absolute Gasteiger partial charge is 0.497 e. The van der Waals surface area contributed by atoms with E-state index in [1.54, 1.807) is 7.11 Å². The number of esters is 1. The Balaban J connectivity index is 1.71. The van der Waals surface area contributed by atoms with Gasteiger partial charge in [0.2, 0.25) is 0 Å². The Bertz CT molecular complexity index is 722. The number of hydrogen-bond acceptors (Lipinski definition) is 5. The highest BCUT2D eigenvalue weighted by Gasteiger charge is 2.14. The van der Waals surface area contributed by atoms with Crippen LogP contribution in [0.4, 0.5) is 0 Å². The van der Waals surface area contributed by atoms with Gasteiger partial charge in [-0.05, 0) is 49.1 Å². The number of thiophene rings is 1. The number of nitrogens with one attached hydrogen (secondary N) is 1. The van der Waals surface area contributed by atoms with Gasteiger partial charge in [0, 0.05) is 11.4 Å². The molecule has 134 valence electrons. The normalized spacial score (nSPS) is 10.4. The topological polar surface area (TPSA) is 64.6 Å². The van der Waals surface area contributed by atoms with Crippen molar-refractivity contribution < 1.29 is 19.1 Å². The molecular formula is C19H23NO4S. The highest BCUT2D eigenvalue weighted by Crippen LogP contribution is 2.22. The summed E-state index contributed by atoms with van der Waals surface area (Å²) in [5, 5.41) is 2.75. The predicted molar refractivity (Wildman–Crippen MR) is 98.4 cm³/mol. The highest BCUT2D eigenvalue weighted by atomic mass is 32.1. The zero-order valence-corrected chi connectivity index (χ0v) is 15.6. The molecule has 0 fully saturated rings. The van der Waals surface area contributed by atoms with Crippen molar-refractivity contribution in [2.24, 2.45) is 0 Å². The van der Waals surface area contributed by atoms with E-state index in [-0.39, 0.29) is 12.5 Å². The number of amides is 1. The van der Waals surface area contributed by atoms with Crippen molar-refractivity contribution in [3.05, 3.63) is 51.2 Å². The molecule has 1 aromatic carbocycles. The SMILES string of the molecule is CCc1sc(C(=O)OCC(=O)NCCc2ccc(OC)cc2)cc1C. The van der Waals surface area contributed by atoms with Crippen molar-refractivity contribution in [3.8, 4) is 5.75 Å². The molecule has 2 rings (SSSR count). The fraction of sp³-hybridized carbons (Fsp3) is 0.368. The van der Waals surface area contributed by atoms with E-state index in [1.807, 2.05) is 44.2 Å². The summed E-state index contributed by atoms with van der Waals surface area (Å²) in [4.78, 5) is 25.5. The fourth-order valence-electron chi connectivity index (χ4n) is 2.36. The van der Waals surface area contributed by atoms with Crippen molar-refractivity contribution >= 4 is 23.2 Å². The van der Waals surface area contributed by atoms with Gasteiger partial charge in [0.05, 0.1) is 7.11 Å². The van der Waals surface area contributed by atoms with Crippen LogP contribution >= 0.6 is 11.3 Å². The van der Waals surface area contributed by atoms with Crippen molar-refractivity contribution in [1.82, 2.24) is 5.32 Å². The van der Waals surface area contributed by atoms with Gasteiger partial charge in [0.15, 0.2) is 6.61 Å². The van der Waals surface area contributed by atoms with Crippen LogP contribution in [0.2, 0.25) is 0 Å². The van der Waals surface area contributed by atoms with E-state index < -0.39 is 5.97 Å². The average Bonchev–Trinajstić information content (AvgIpc) is 3.01. The zero-order chi connectivity index (χ0) is 18.2. The number of ether oxygens (including phenoxy) is 2. The van der Waals surface area contributed by atoms with E-state index in [0.29, 0.717) is 17.8 Å². The number of methoxy groups -OCH3 is 1. The lowest BCUT2D eigenvalue weighted by molar-refractivity contribution is -0.124. The van der Waals surface area contributed by atoms with Gasteiger partial charge >= 0.3 is 5.97 Å². The molecule has 0 atom stereocenters. The number of rotatable bonds is 8. The third-order valence-electron chi connectivity index (χ3n) is 3.77. The average molecular weight is 361 g/mol. The maximum atomic E-state index is 12.0. The van der Waals surface area contributed by atoms with Crippen LogP contribution in [0.5, 0.6) is 5.75 Å². The van der Waals surface area contributed by atoms with E-state index >= 15 is 0 Å². The fourth-order valence-corrected chi connectivity index (χ4v) is 3.37. The third kappa shape index (κ3) is 5.60. The first kappa shape index (κ1) is 19.0. The molecule has 0 aliphatic carbocycles. The predicted octanol–water partition coefficient (Wildman–Crippen LogP) is 3.14. The van der Waals surface area contributed by atoms with E-state index in [0.717, 1.165) is 28.2 Å². The molecule has 1 N–H and O–H groups in total. The molecule has 5 nitrogen and oxygen atoms in total. The molecule has 0 unspecified atom stereocenters. The van der Waals surface area contributed by atoms with Crippen molar-refractivity contribution in [2.45, 2.75) is 26.7 Å². The molecule has 0 bridgehead atoms. The van der Waals surface area contributed by atoms with E-state index in [4.69, 9.17) is 9.47 Å². The molecule has 0 saturated heterocycles. The number of hydrogen-bond donors (Lipinski definition) is 1. The Morgan fingerprint density at radius 1 is 1.20 bits per heavy atom. The minimum Gasteiger partial charge on any atom is -0.497 e. The van der Waals surface area contributed by atoms with Gasteiger partial charge in [-0.3, -0.25) is 4.79 Å². The highest BCUT2D eigenvalue weighted by molar-refractivity contribution is 7.14. The Morgan fingerprint density at radius 3 is 2.52 bits per heavy atom. The summed E-state index contributed by atoms with van der Waals surface area (Å²) in [7, 11) is 1.62. The Kier molecular flexibility index (Phi) is 7.01. The minimum absolute atomic E-state index is 0.264. The molecule has 0 saturated carbocycles. The summed E-state index contributed by atoms with van der Waals surface area (Å²) in [6, 6.07) is 9.48. The first-order valence-electron chi connectivity index (χ1n) is 8.19. The minimum atomic E-state index is -0.446. The van der Waals surface area contributed by atoms with Crippen LogP contribution in [0.15, 0.2) is 30.3 Å². The Labute approximate surface area is 152 Å². The molecule has 6 heteroatoms. The summed E-state index contributed by atoms with van der Waals surface area (Å²) in [5.41, 5.74) is 2.18. The Morgan fingerprint density at radius 2 is 1.92 bits per heavy atom. The summed E-state index contributed by atoms with van der Waals surface area (Å²) in [5.74, 6) is 0.0544. The van der Waals surface area contributed by atoms with Crippen molar-refractivity contribution in [1.29, 1.82) is 0 Å². The smallest absolute Gasteiger partial charge is 0.348 e. The summed E-state index contributed by atoms with van der Waals surface area (Å²) in [6.45, 7) is 4.24. The van der Waals surface area contributed by atoms with Crippen LogP contribution in [-0.2, 0) is 22.4 Å². The molecule has 0 aliphatic rings. The molecule has 1 heterocycles. The molecule has 1 aromatic heterocycles. The molecule has 1 amide bonds. The van der Waals surface area contributed by atoms with Gasteiger partial charge in [0.25, 0.3) is 5.91 Å². The first-order chi connectivity index (χ1) is 12.0. The molecule has 25 heavy (non-hydrogen) atoms. The van der Waals surface area contributed by atoms with Gasteiger partial charge in [0.1, 0.15) is 10.6 Å². The van der Waals surface area contributed by atoms with Crippen molar-refractivity contribution in [3.63, 3.8) is 0 Å². The van der Waals surface area contributed by atoms with Crippen molar-refractivity contribution in [2.75, 3.05) is 20.3 Å². The van der Waals surface area contributed by atoms with Gasteiger partial charge in [-0.15, -0.1) is 11.3 Å². The van der Waals surface area contributed by atoms with Crippen LogP contribution in [-0.4, -0.2) is 32.1 Å². The number of benzene rings is 1. The standard InChI is InChI=1S/C19H23NO4S/c1-4-16-13(2)11-17(25-16)19(22)24-12-18(21)20-10-9-14-5-7-15(23-3)8-6-14/h5-8,11H,4,9-10,12H2,1-3H3,(H,20,21). The molecule has 0 spiro atoms. The second-order valence-electron chi connectivity index (χ2n) is 5.59. The molecule has 0 aliphatic heterocycles. The maximum absolute atomic E-state index is 12.0. The molecular weight excluding hydrogens is 338 g/mol. The summed E-state index contributed by atoms with van der Waals surface area (Å²) >= 11 is 1.42.